The minimum atomic E-state index is -0.708. The van der Waals surface area contributed by atoms with Gasteiger partial charge < -0.3 is 0 Å². The average molecular weight is 365 g/mol. The third kappa shape index (κ3) is 1.69. The number of para-hydroxylation sites is 1. The van der Waals surface area contributed by atoms with Crippen LogP contribution in [0.15, 0.2) is 30.3 Å². The Morgan fingerprint density at radius 1 is 1.18 bits per heavy atom. The number of hydrogen-bond donors (Lipinski definition) is 2. The number of carbonyl (C=O) groups is 2. The number of fused-ring (bicyclic) bond motifs is 2. The highest BCUT2D eigenvalue weighted by Gasteiger charge is 2.76. The van der Waals surface area contributed by atoms with E-state index in [-0.39, 0.29) is 17.1 Å². The second-order valence-electron chi connectivity index (χ2n) is 7.10. The molecule has 1 aromatic carbocycles. The number of anilines is 1. The van der Waals surface area contributed by atoms with Crippen LogP contribution in [0, 0.1) is 16.2 Å². The summed E-state index contributed by atoms with van der Waals surface area (Å²) in [5.74, 6) is 0.0383. The molecule has 3 unspecified atom stereocenters. The molecule has 2 aliphatic rings. The first kappa shape index (κ1) is 15.5. The lowest BCUT2D eigenvalue weighted by molar-refractivity contribution is -0.135. The molecule has 1 aromatic rings. The standard InChI is InChI=1S/C17H21BrN2O2/c1-15(2)16(3)9-10-17(15,12(18)13(16)21)14(22)20-19-11-7-5-4-6-8-11/h4-8,12,19H,9-10H2,1-3H3,(H,20,22). The van der Waals surface area contributed by atoms with Crippen molar-refractivity contribution in [1.82, 2.24) is 5.43 Å². The zero-order valence-electron chi connectivity index (χ0n) is 13.1. The lowest BCUT2D eigenvalue weighted by atomic mass is 9.64. The van der Waals surface area contributed by atoms with Gasteiger partial charge in [-0.05, 0) is 30.4 Å². The Labute approximate surface area is 139 Å². The molecule has 0 saturated heterocycles. The van der Waals surface area contributed by atoms with E-state index < -0.39 is 15.7 Å². The van der Waals surface area contributed by atoms with E-state index in [2.05, 4.69) is 26.8 Å². The molecule has 4 nitrogen and oxygen atoms in total. The van der Waals surface area contributed by atoms with Crippen LogP contribution in [0.2, 0.25) is 0 Å². The van der Waals surface area contributed by atoms with Gasteiger partial charge in [0.15, 0.2) is 5.78 Å². The number of ketones is 1. The number of hydrazine groups is 1. The Morgan fingerprint density at radius 3 is 2.36 bits per heavy atom. The average Bonchev–Trinajstić information content (AvgIpc) is 2.78. The highest BCUT2D eigenvalue weighted by Crippen LogP contribution is 2.72. The summed E-state index contributed by atoms with van der Waals surface area (Å²) in [6.45, 7) is 6.08. The number of carbonyl (C=O) groups excluding carboxylic acids is 2. The van der Waals surface area contributed by atoms with Crippen LogP contribution < -0.4 is 10.9 Å². The summed E-state index contributed by atoms with van der Waals surface area (Å²) in [6.07, 6.45) is 1.49. The predicted octanol–water partition coefficient (Wildman–Crippen LogP) is 3.29. The lowest BCUT2D eigenvalue weighted by Gasteiger charge is -2.39. The second-order valence-corrected chi connectivity index (χ2v) is 8.02. The van der Waals surface area contributed by atoms with Gasteiger partial charge in [0.1, 0.15) is 0 Å². The first-order valence-electron chi connectivity index (χ1n) is 7.57. The third-order valence-corrected chi connectivity index (χ3v) is 7.42. The van der Waals surface area contributed by atoms with Crippen LogP contribution in [0.1, 0.15) is 33.6 Å². The lowest BCUT2D eigenvalue weighted by Crippen LogP contribution is -2.52. The molecule has 0 aliphatic heterocycles. The van der Waals surface area contributed by atoms with Crippen molar-refractivity contribution in [3.63, 3.8) is 0 Å². The van der Waals surface area contributed by atoms with Gasteiger partial charge in [-0.3, -0.25) is 20.4 Å². The van der Waals surface area contributed by atoms with Gasteiger partial charge in [0.05, 0.1) is 15.9 Å². The first-order valence-corrected chi connectivity index (χ1v) is 8.49. The molecule has 0 aromatic heterocycles. The van der Waals surface area contributed by atoms with Crippen LogP contribution in [-0.2, 0) is 9.59 Å². The largest absolute Gasteiger partial charge is 0.299 e. The molecular formula is C17H21BrN2O2. The summed E-state index contributed by atoms with van der Waals surface area (Å²) < 4.78 is 0. The number of hydrogen-bond acceptors (Lipinski definition) is 3. The highest BCUT2D eigenvalue weighted by atomic mass is 79.9. The Morgan fingerprint density at radius 2 is 1.82 bits per heavy atom. The van der Waals surface area contributed by atoms with E-state index in [4.69, 9.17) is 0 Å². The summed E-state index contributed by atoms with van der Waals surface area (Å²) in [7, 11) is 0. The van der Waals surface area contributed by atoms with Crippen LogP contribution in [0.3, 0.4) is 0 Å². The van der Waals surface area contributed by atoms with Crippen LogP contribution in [0.25, 0.3) is 0 Å². The molecular weight excluding hydrogens is 344 g/mol. The van der Waals surface area contributed by atoms with Gasteiger partial charge in [-0.2, -0.15) is 0 Å². The summed E-state index contributed by atoms with van der Waals surface area (Å²) in [6, 6.07) is 9.48. The maximum atomic E-state index is 13.0. The van der Waals surface area contributed by atoms with Crippen LogP contribution in [0.4, 0.5) is 5.69 Å². The summed E-state index contributed by atoms with van der Waals surface area (Å²) in [5, 5.41) is 0. The van der Waals surface area contributed by atoms with Gasteiger partial charge in [0.2, 0.25) is 5.91 Å². The van der Waals surface area contributed by atoms with Crippen molar-refractivity contribution in [2.24, 2.45) is 16.2 Å². The van der Waals surface area contributed by atoms with Gasteiger partial charge in [-0.15, -0.1) is 0 Å². The number of nitrogens with one attached hydrogen (secondary N) is 2. The maximum absolute atomic E-state index is 13.0. The molecule has 2 N–H and O–H groups in total. The molecule has 3 rings (SSSR count). The van der Waals surface area contributed by atoms with Gasteiger partial charge >= 0.3 is 0 Å². The van der Waals surface area contributed by atoms with Crippen LogP contribution in [-0.4, -0.2) is 16.5 Å². The van der Waals surface area contributed by atoms with Gasteiger partial charge in [0, 0.05) is 5.41 Å². The Hall–Kier alpha value is -1.36. The van der Waals surface area contributed by atoms with Crippen molar-refractivity contribution in [1.29, 1.82) is 0 Å². The molecule has 1 amide bonds. The van der Waals surface area contributed by atoms with E-state index in [0.29, 0.717) is 0 Å². The number of amides is 1. The molecule has 0 spiro atoms. The van der Waals surface area contributed by atoms with Gasteiger partial charge in [0.25, 0.3) is 0 Å². The minimum Gasteiger partial charge on any atom is -0.299 e. The number of rotatable bonds is 3. The fourth-order valence-corrected chi connectivity index (χ4v) is 5.73. The SMILES string of the molecule is CC12CCC(C(=O)NNc3ccccc3)(C(Br)C1=O)C2(C)C. The summed E-state index contributed by atoms with van der Waals surface area (Å²) in [4.78, 5) is 25.2. The summed E-state index contributed by atoms with van der Waals surface area (Å²) in [5.41, 5.74) is 5.06. The van der Waals surface area contributed by atoms with Crippen LogP contribution >= 0.6 is 15.9 Å². The molecule has 0 heterocycles. The molecule has 3 atom stereocenters. The van der Waals surface area contributed by atoms with Crippen molar-refractivity contribution in [2.45, 2.75) is 38.4 Å². The second kappa shape index (κ2) is 4.82. The fourth-order valence-electron chi connectivity index (χ4n) is 4.22. The third-order valence-electron chi connectivity index (χ3n) is 6.22. The number of halogens is 1. The van der Waals surface area contributed by atoms with Gasteiger partial charge in [-0.25, -0.2) is 0 Å². The molecule has 2 aliphatic carbocycles. The van der Waals surface area contributed by atoms with E-state index in [9.17, 15) is 9.59 Å². The molecule has 2 saturated carbocycles. The highest BCUT2D eigenvalue weighted by molar-refractivity contribution is 9.10. The smallest absolute Gasteiger partial charge is 0.246 e. The van der Waals surface area contributed by atoms with Crippen molar-refractivity contribution >= 4 is 33.3 Å². The Kier molecular flexibility index (Phi) is 3.40. The van der Waals surface area contributed by atoms with Crippen LogP contribution in [0.5, 0.6) is 0 Å². The normalized spacial score (nSPS) is 35.5. The van der Waals surface area contributed by atoms with Crippen molar-refractivity contribution < 1.29 is 9.59 Å². The molecule has 5 heteroatoms. The minimum absolute atomic E-state index is 0.113. The Balaban J connectivity index is 1.87. The molecule has 22 heavy (non-hydrogen) atoms. The van der Waals surface area contributed by atoms with Crippen molar-refractivity contribution in [3.05, 3.63) is 30.3 Å². The van der Waals surface area contributed by atoms with E-state index in [1.807, 2.05) is 51.1 Å². The topological polar surface area (TPSA) is 58.2 Å². The number of alkyl halides is 1. The number of Topliss-reactive ketones (excluding diaryl/α,β-unsaturated/α-hetero) is 1. The molecule has 0 radical (unpaired) electrons. The van der Waals surface area contributed by atoms with E-state index in [1.54, 1.807) is 0 Å². The quantitative estimate of drug-likeness (QED) is 0.638. The monoisotopic (exact) mass is 364 g/mol. The zero-order chi connectivity index (χ0) is 16.2. The summed E-state index contributed by atoms with van der Waals surface area (Å²) >= 11 is 3.52. The Bertz CT molecular complexity index is 631. The van der Waals surface area contributed by atoms with Crippen molar-refractivity contribution in [2.75, 3.05) is 5.43 Å². The van der Waals surface area contributed by atoms with E-state index in [0.717, 1.165) is 18.5 Å². The molecule has 2 bridgehead atoms. The van der Waals surface area contributed by atoms with Crippen molar-refractivity contribution in [3.8, 4) is 0 Å². The fraction of sp³-hybridized carbons (Fsp3) is 0.529. The maximum Gasteiger partial charge on any atom is 0.246 e. The predicted molar refractivity (Wildman–Crippen MR) is 89.5 cm³/mol. The zero-order valence-corrected chi connectivity index (χ0v) is 14.7. The molecule has 2 fully saturated rings. The van der Waals surface area contributed by atoms with E-state index in [1.165, 1.54) is 0 Å². The van der Waals surface area contributed by atoms with Gasteiger partial charge in [-0.1, -0.05) is 54.9 Å². The number of benzene rings is 1. The first-order chi connectivity index (χ1) is 10.3. The van der Waals surface area contributed by atoms with E-state index >= 15 is 0 Å². The molecule has 118 valence electrons.